The van der Waals surface area contributed by atoms with E-state index in [0.717, 1.165) is 19.4 Å². The summed E-state index contributed by atoms with van der Waals surface area (Å²) in [4.78, 5) is 8.21. The number of halogens is 3. The summed E-state index contributed by atoms with van der Waals surface area (Å²) in [7, 11) is 0. The van der Waals surface area contributed by atoms with Crippen LogP contribution in [0, 0.1) is 0 Å². The fraction of sp³-hybridized carbons (Fsp3) is 0.375. The molecule has 23 heavy (non-hydrogen) atoms. The van der Waals surface area contributed by atoms with Gasteiger partial charge in [0.25, 0.3) is 6.43 Å². The quantitative estimate of drug-likeness (QED) is 0.881. The van der Waals surface area contributed by atoms with E-state index in [-0.39, 0.29) is 17.7 Å². The van der Waals surface area contributed by atoms with E-state index in [1.165, 1.54) is 6.07 Å². The number of rotatable bonds is 5. The van der Waals surface area contributed by atoms with Gasteiger partial charge in [-0.1, -0.05) is 23.7 Å². The molecule has 7 heteroatoms. The van der Waals surface area contributed by atoms with E-state index in [1.54, 1.807) is 24.3 Å². The monoisotopic (exact) mass is 339 g/mol. The maximum atomic E-state index is 13.1. The molecule has 1 saturated heterocycles. The second kappa shape index (κ2) is 7.19. The zero-order valence-electron chi connectivity index (χ0n) is 12.3. The van der Waals surface area contributed by atoms with Gasteiger partial charge < -0.3 is 10.1 Å². The van der Waals surface area contributed by atoms with Crippen LogP contribution in [0.5, 0.6) is 0 Å². The smallest absolute Gasteiger partial charge is 0.280 e. The summed E-state index contributed by atoms with van der Waals surface area (Å²) < 4.78 is 31.7. The van der Waals surface area contributed by atoms with Crippen molar-refractivity contribution in [3.05, 3.63) is 41.0 Å². The van der Waals surface area contributed by atoms with E-state index in [2.05, 4.69) is 15.3 Å². The van der Waals surface area contributed by atoms with E-state index < -0.39 is 6.43 Å². The van der Waals surface area contributed by atoms with E-state index >= 15 is 0 Å². The number of nitrogens with zero attached hydrogens (tertiary/aromatic N) is 2. The third kappa shape index (κ3) is 4.14. The minimum atomic E-state index is -2.66. The normalized spacial score (nSPS) is 17.7. The Morgan fingerprint density at radius 3 is 2.70 bits per heavy atom. The molecule has 0 spiro atoms. The summed E-state index contributed by atoms with van der Waals surface area (Å²) in [5, 5.41) is 3.57. The standard InChI is InChI=1S/C16H16ClF2N3O/c17-11-5-3-10(4-6-11)13-8-14(15(18)19)22-16(21-13)20-9-12-2-1-7-23-12/h3-6,8,12,15H,1-2,7,9H2,(H,20,21,22)/t12-/m0/s1. The molecule has 1 aliphatic rings. The molecule has 0 bridgehead atoms. The van der Waals surface area contributed by atoms with Crippen molar-refractivity contribution in [3.63, 3.8) is 0 Å². The topological polar surface area (TPSA) is 47.0 Å². The van der Waals surface area contributed by atoms with E-state index in [0.29, 0.717) is 22.8 Å². The van der Waals surface area contributed by atoms with Crippen molar-refractivity contribution < 1.29 is 13.5 Å². The molecule has 4 nitrogen and oxygen atoms in total. The highest BCUT2D eigenvalue weighted by Crippen LogP contribution is 2.25. The molecule has 0 amide bonds. The lowest BCUT2D eigenvalue weighted by Gasteiger charge is -2.13. The zero-order chi connectivity index (χ0) is 16.2. The molecule has 1 aromatic heterocycles. The van der Waals surface area contributed by atoms with Gasteiger partial charge >= 0.3 is 0 Å². The summed E-state index contributed by atoms with van der Waals surface area (Å²) in [6.07, 6.45) is -0.619. The number of aromatic nitrogens is 2. The average Bonchev–Trinajstić information content (AvgIpc) is 3.07. The lowest BCUT2D eigenvalue weighted by Crippen LogP contribution is -2.20. The van der Waals surface area contributed by atoms with Crippen LogP contribution in [0.3, 0.4) is 0 Å². The van der Waals surface area contributed by atoms with E-state index in [4.69, 9.17) is 16.3 Å². The minimum absolute atomic E-state index is 0.0767. The van der Waals surface area contributed by atoms with E-state index in [1.807, 2.05) is 0 Å². The summed E-state index contributed by atoms with van der Waals surface area (Å²) in [6, 6.07) is 8.17. The molecule has 3 rings (SSSR count). The van der Waals surface area contributed by atoms with Gasteiger partial charge in [-0.15, -0.1) is 0 Å². The molecular formula is C16H16ClF2N3O. The van der Waals surface area contributed by atoms with Gasteiger partial charge in [-0.3, -0.25) is 0 Å². The lowest BCUT2D eigenvalue weighted by atomic mass is 10.1. The third-order valence-electron chi connectivity index (χ3n) is 3.62. The second-order valence-corrected chi connectivity index (χ2v) is 5.76. The van der Waals surface area contributed by atoms with Crippen molar-refractivity contribution >= 4 is 17.5 Å². The first-order chi connectivity index (χ1) is 11.1. The number of nitrogens with one attached hydrogen (secondary N) is 1. The lowest BCUT2D eigenvalue weighted by molar-refractivity contribution is 0.120. The molecule has 2 aromatic rings. The Kier molecular flexibility index (Phi) is 5.03. The van der Waals surface area contributed by atoms with Crippen molar-refractivity contribution in [1.29, 1.82) is 0 Å². The number of ether oxygens (including phenoxy) is 1. The molecule has 1 aliphatic heterocycles. The molecule has 1 N–H and O–H groups in total. The summed E-state index contributed by atoms with van der Waals surface area (Å²) in [5.41, 5.74) is 0.834. The van der Waals surface area contributed by atoms with Crippen molar-refractivity contribution in [2.24, 2.45) is 0 Å². The molecule has 1 atom stereocenters. The largest absolute Gasteiger partial charge is 0.376 e. The van der Waals surface area contributed by atoms with Crippen LogP contribution in [0.1, 0.15) is 25.0 Å². The predicted molar refractivity (Wildman–Crippen MR) is 84.9 cm³/mol. The number of alkyl halides is 2. The van der Waals surface area contributed by atoms with Gasteiger partial charge in [-0.25, -0.2) is 18.7 Å². The Balaban J connectivity index is 1.84. The predicted octanol–water partition coefficient (Wildman–Crippen LogP) is 4.33. The Labute approximate surface area is 137 Å². The van der Waals surface area contributed by atoms with Crippen LogP contribution in [0.15, 0.2) is 30.3 Å². The highest BCUT2D eigenvalue weighted by molar-refractivity contribution is 6.30. The Bertz CT molecular complexity index is 661. The van der Waals surface area contributed by atoms with Crippen LogP contribution < -0.4 is 5.32 Å². The Morgan fingerprint density at radius 1 is 1.26 bits per heavy atom. The maximum Gasteiger partial charge on any atom is 0.280 e. The molecule has 1 aromatic carbocycles. The highest BCUT2D eigenvalue weighted by Gasteiger charge is 2.17. The van der Waals surface area contributed by atoms with Gasteiger partial charge in [-0.2, -0.15) is 0 Å². The van der Waals surface area contributed by atoms with Crippen LogP contribution in [0.25, 0.3) is 11.3 Å². The van der Waals surface area contributed by atoms with Gasteiger partial charge in [0, 0.05) is 23.7 Å². The molecule has 0 radical (unpaired) electrons. The minimum Gasteiger partial charge on any atom is -0.376 e. The molecular weight excluding hydrogens is 324 g/mol. The number of hydrogen-bond donors (Lipinski definition) is 1. The maximum absolute atomic E-state index is 13.1. The van der Waals surface area contributed by atoms with Gasteiger partial charge in [0.05, 0.1) is 11.8 Å². The SMILES string of the molecule is FC(F)c1cc(-c2ccc(Cl)cc2)nc(NC[C@@H]2CCCO2)n1. The summed E-state index contributed by atoms with van der Waals surface area (Å²) >= 11 is 5.86. The fourth-order valence-corrected chi connectivity index (χ4v) is 2.56. The molecule has 122 valence electrons. The molecule has 2 heterocycles. The van der Waals surface area contributed by atoms with Crippen LogP contribution in [0.4, 0.5) is 14.7 Å². The van der Waals surface area contributed by atoms with Crippen LogP contribution in [-0.4, -0.2) is 29.2 Å². The number of benzene rings is 1. The first-order valence-electron chi connectivity index (χ1n) is 7.40. The Morgan fingerprint density at radius 2 is 2.04 bits per heavy atom. The fourth-order valence-electron chi connectivity index (χ4n) is 2.44. The van der Waals surface area contributed by atoms with E-state index in [9.17, 15) is 8.78 Å². The number of anilines is 1. The van der Waals surface area contributed by atoms with Crippen molar-refractivity contribution in [2.75, 3.05) is 18.5 Å². The highest BCUT2D eigenvalue weighted by atomic mass is 35.5. The Hall–Kier alpha value is -1.79. The zero-order valence-corrected chi connectivity index (χ0v) is 13.1. The molecule has 1 fully saturated rings. The molecule has 0 saturated carbocycles. The van der Waals surface area contributed by atoms with Gasteiger partial charge in [-0.05, 0) is 31.0 Å². The second-order valence-electron chi connectivity index (χ2n) is 5.33. The summed E-state index contributed by atoms with van der Waals surface area (Å²) in [5.74, 6) is 0.184. The van der Waals surface area contributed by atoms with Gasteiger partial charge in [0.15, 0.2) is 0 Å². The first kappa shape index (κ1) is 16.1. The van der Waals surface area contributed by atoms with Crippen molar-refractivity contribution in [3.8, 4) is 11.3 Å². The van der Waals surface area contributed by atoms with Crippen molar-refractivity contribution in [1.82, 2.24) is 9.97 Å². The van der Waals surface area contributed by atoms with Gasteiger partial charge in [0.2, 0.25) is 5.95 Å². The van der Waals surface area contributed by atoms with Crippen molar-refractivity contribution in [2.45, 2.75) is 25.4 Å². The first-order valence-corrected chi connectivity index (χ1v) is 7.78. The third-order valence-corrected chi connectivity index (χ3v) is 3.87. The van der Waals surface area contributed by atoms with Crippen LogP contribution in [-0.2, 0) is 4.74 Å². The molecule has 0 aliphatic carbocycles. The number of hydrogen-bond acceptors (Lipinski definition) is 4. The molecule has 0 unspecified atom stereocenters. The van der Waals surface area contributed by atoms with Crippen LogP contribution >= 0.6 is 11.6 Å². The summed E-state index contributed by atoms with van der Waals surface area (Å²) in [6.45, 7) is 1.24. The average molecular weight is 340 g/mol. The van der Waals surface area contributed by atoms with Crippen LogP contribution in [0.2, 0.25) is 5.02 Å². The van der Waals surface area contributed by atoms with Gasteiger partial charge in [0.1, 0.15) is 5.69 Å².